The van der Waals surface area contributed by atoms with E-state index in [0.717, 1.165) is 38.5 Å². The minimum absolute atomic E-state index is 0.000404. The van der Waals surface area contributed by atoms with Crippen LogP contribution in [-0.4, -0.2) is 50.6 Å². The number of carbonyl (C=O) groups excluding carboxylic acids is 2. The first-order valence-corrected chi connectivity index (χ1v) is 12.0. The highest BCUT2D eigenvalue weighted by Crippen LogP contribution is 2.65. The zero-order chi connectivity index (χ0) is 24.3. The Bertz CT molecular complexity index is 717. The van der Waals surface area contributed by atoms with Gasteiger partial charge in [0.05, 0.1) is 19.8 Å². The van der Waals surface area contributed by atoms with Gasteiger partial charge in [-0.1, -0.05) is 6.58 Å². The molecular formula is C25H38F2O6. The van der Waals surface area contributed by atoms with Gasteiger partial charge in [-0.2, -0.15) is 8.78 Å². The number of carbonyl (C=O) groups is 2. The Morgan fingerprint density at radius 1 is 1.00 bits per heavy atom. The molecule has 0 saturated heterocycles. The molecule has 3 unspecified atom stereocenters. The lowest BCUT2D eigenvalue weighted by atomic mass is 9.44. The SMILES string of the molecule is C=C(C)C(=O)OCCCCOC(C)OCC12CC3CC(CC(COC(=O)C(C)(F)F)(C3)C1)C2. The number of esters is 2. The molecule has 0 aromatic carbocycles. The summed E-state index contributed by atoms with van der Waals surface area (Å²) >= 11 is 0. The van der Waals surface area contributed by atoms with E-state index in [1.807, 2.05) is 6.92 Å². The molecule has 4 aliphatic rings. The zero-order valence-electron chi connectivity index (χ0n) is 20.1. The molecule has 33 heavy (non-hydrogen) atoms. The summed E-state index contributed by atoms with van der Waals surface area (Å²) in [6.07, 6.45) is 7.14. The highest BCUT2D eigenvalue weighted by molar-refractivity contribution is 5.86. The normalized spacial score (nSPS) is 31.3. The molecule has 0 aliphatic heterocycles. The van der Waals surface area contributed by atoms with Gasteiger partial charge in [0.25, 0.3) is 0 Å². The van der Waals surface area contributed by atoms with Crippen LogP contribution in [0.3, 0.4) is 0 Å². The van der Waals surface area contributed by atoms with E-state index >= 15 is 0 Å². The molecular weight excluding hydrogens is 434 g/mol. The van der Waals surface area contributed by atoms with Gasteiger partial charge in [0.1, 0.15) is 0 Å². The van der Waals surface area contributed by atoms with Crippen LogP contribution in [0.25, 0.3) is 0 Å². The molecule has 0 aromatic rings. The molecule has 0 amide bonds. The Labute approximate surface area is 195 Å². The predicted octanol–water partition coefficient (Wildman–Crippen LogP) is 5.05. The van der Waals surface area contributed by atoms with E-state index < -0.39 is 11.9 Å². The lowest BCUT2D eigenvalue weighted by Crippen LogP contribution is -2.55. The molecule has 0 heterocycles. The maximum Gasteiger partial charge on any atom is 0.376 e. The molecule has 3 atom stereocenters. The van der Waals surface area contributed by atoms with E-state index in [2.05, 4.69) is 6.58 Å². The van der Waals surface area contributed by atoms with Crippen LogP contribution in [0.1, 0.15) is 72.1 Å². The van der Waals surface area contributed by atoms with Crippen molar-refractivity contribution in [3.8, 4) is 0 Å². The highest BCUT2D eigenvalue weighted by Gasteiger charge is 2.58. The molecule has 0 spiro atoms. The van der Waals surface area contributed by atoms with Gasteiger partial charge in [-0.15, -0.1) is 0 Å². The van der Waals surface area contributed by atoms with Crippen molar-refractivity contribution in [3.63, 3.8) is 0 Å². The van der Waals surface area contributed by atoms with Gasteiger partial charge in [0.2, 0.25) is 0 Å². The standard InChI is InChI=1S/C25H38F2O6/c1-17(2)21(28)31-8-6-5-7-30-18(3)32-15-24-10-19-9-20(11-24)13-25(12-19,14-24)16-33-22(29)23(4,26)27/h18-20H,1,5-16H2,2-4H3. The average Bonchev–Trinajstić information content (AvgIpc) is 2.71. The van der Waals surface area contributed by atoms with Crippen LogP contribution in [0.2, 0.25) is 0 Å². The van der Waals surface area contributed by atoms with Crippen LogP contribution in [-0.2, 0) is 28.5 Å². The van der Waals surface area contributed by atoms with E-state index in [1.54, 1.807) is 6.92 Å². The van der Waals surface area contributed by atoms with Crippen LogP contribution in [0, 0.1) is 22.7 Å². The second-order valence-corrected chi connectivity index (χ2v) is 10.8. The smallest absolute Gasteiger partial charge is 0.376 e. The molecule has 0 N–H and O–H groups in total. The zero-order valence-corrected chi connectivity index (χ0v) is 20.1. The highest BCUT2D eigenvalue weighted by atomic mass is 19.3. The number of hydrogen-bond acceptors (Lipinski definition) is 6. The van der Waals surface area contributed by atoms with Crippen LogP contribution in [0.5, 0.6) is 0 Å². The lowest BCUT2D eigenvalue weighted by molar-refractivity contribution is -0.206. The summed E-state index contributed by atoms with van der Waals surface area (Å²) in [6.45, 7) is 9.11. The van der Waals surface area contributed by atoms with Crippen molar-refractivity contribution < 1.29 is 37.3 Å². The molecule has 4 bridgehead atoms. The molecule has 8 heteroatoms. The summed E-state index contributed by atoms with van der Waals surface area (Å²) in [5, 5.41) is 0. The van der Waals surface area contributed by atoms with Crippen molar-refractivity contribution in [1.29, 1.82) is 0 Å². The lowest BCUT2D eigenvalue weighted by Gasteiger charge is -2.61. The maximum atomic E-state index is 13.3. The second kappa shape index (κ2) is 10.4. The first-order valence-electron chi connectivity index (χ1n) is 12.0. The predicted molar refractivity (Wildman–Crippen MR) is 118 cm³/mol. The van der Waals surface area contributed by atoms with Gasteiger partial charge >= 0.3 is 17.9 Å². The van der Waals surface area contributed by atoms with Crippen molar-refractivity contribution in [2.24, 2.45) is 22.7 Å². The number of alkyl halides is 2. The third-order valence-electron chi connectivity index (χ3n) is 7.27. The molecule has 0 aromatic heterocycles. The van der Waals surface area contributed by atoms with Crippen LogP contribution < -0.4 is 0 Å². The fourth-order valence-corrected chi connectivity index (χ4v) is 6.42. The first kappa shape index (κ1) is 26.1. The third kappa shape index (κ3) is 6.98. The fourth-order valence-electron chi connectivity index (χ4n) is 6.42. The number of hydrogen-bond donors (Lipinski definition) is 0. The van der Waals surface area contributed by atoms with Crippen molar-refractivity contribution in [3.05, 3.63) is 12.2 Å². The second-order valence-electron chi connectivity index (χ2n) is 10.8. The van der Waals surface area contributed by atoms with E-state index in [4.69, 9.17) is 18.9 Å². The van der Waals surface area contributed by atoms with E-state index in [9.17, 15) is 18.4 Å². The van der Waals surface area contributed by atoms with Gasteiger partial charge in [0.15, 0.2) is 6.29 Å². The molecule has 4 fully saturated rings. The summed E-state index contributed by atoms with van der Waals surface area (Å²) in [7, 11) is 0. The van der Waals surface area contributed by atoms with Gasteiger partial charge in [0, 0.05) is 24.5 Å². The average molecular weight is 473 g/mol. The van der Waals surface area contributed by atoms with E-state index in [0.29, 0.717) is 50.6 Å². The Hall–Kier alpha value is -1.54. The Balaban J connectivity index is 1.42. The summed E-state index contributed by atoms with van der Waals surface area (Å²) < 4.78 is 48.5. The van der Waals surface area contributed by atoms with Gasteiger partial charge in [-0.25, -0.2) is 9.59 Å². The van der Waals surface area contributed by atoms with Crippen LogP contribution >= 0.6 is 0 Å². The summed E-state index contributed by atoms with van der Waals surface area (Å²) in [5.74, 6) is -4.19. The number of unbranched alkanes of at least 4 members (excludes halogenated alkanes) is 1. The van der Waals surface area contributed by atoms with Gasteiger partial charge in [-0.05, 0) is 82.5 Å². The number of halogens is 2. The van der Waals surface area contributed by atoms with Gasteiger partial charge < -0.3 is 18.9 Å². The van der Waals surface area contributed by atoms with E-state index in [1.165, 1.54) is 6.42 Å². The van der Waals surface area contributed by atoms with Crippen molar-refractivity contribution in [1.82, 2.24) is 0 Å². The first-order chi connectivity index (χ1) is 15.4. The summed E-state index contributed by atoms with van der Waals surface area (Å²) in [4.78, 5) is 23.0. The summed E-state index contributed by atoms with van der Waals surface area (Å²) in [5.41, 5.74) is 0.181. The Morgan fingerprint density at radius 2 is 1.58 bits per heavy atom. The third-order valence-corrected chi connectivity index (χ3v) is 7.27. The monoisotopic (exact) mass is 472 g/mol. The Kier molecular flexibility index (Phi) is 8.20. The minimum atomic E-state index is -3.46. The molecule has 4 saturated carbocycles. The van der Waals surface area contributed by atoms with E-state index in [-0.39, 0.29) is 29.7 Å². The molecule has 188 valence electrons. The van der Waals surface area contributed by atoms with Crippen LogP contribution in [0.15, 0.2) is 12.2 Å². The largest absolute Gasteiger partial charge is 0.462 e. The quantitative estimate of drug-likeness (QED) is 0.162. The van der Waals surface area contributed by atoms with Crippen molar-refractivity contribution in [2.75, 3.05) is 26.4 Å². The van der Waals surface area contributed by atoms with Crippen molar-refractivity contribution >= 4 is 11.9 Å². The maximum absolute atomic E-state index is 13.3. The molecule has 4 rings (SSSR count). The molecule has 6 nitrogen and oxygen atoms in total. The molecule has 0 radical (unpaired) electrons. The Morgan fingerprint density at radius 3 is 2.15 bits per heavy atom. The van der Waals surface area contributed by atoms with Crippen LogP contribution in [0.4, 0.5) is 8.78 Å². The number of rotatable bonds is 13. The minimum Gasteiger partial charge on any atom is -0.462 e. The summed E-state index contributed by atoms with van der Waals surface area (Å²) in [6, 6.07) is 0. The fraction of sp³-hybridized carbons (Fsp3) is 0.840. The van der Waals surface area contributed by atoms with Crippen molar-refractivity contribution in [2.45, 2.75) is 84.4 Å². The molecule has 4 aliphatic carbocycles. The van der Waals surface area contributed by atoms with Gasteiger partial charge in [-0.3, -0.25) is 0 Å². The number of ether oxygens (including phenoxy) is 4. The topological polar surface area (TPSA) is 71.1 Å².